The van der Waals surface area contributed by atoms with Crippen LogP contribution in [-0.2, 0) is 0 Å². The molecule has 0 bridgehead atoms. The summed E-state index contributed by atoms with van der Waals surface area (Å²) in [5.41, 5.74) is 4.31. The molecule has 0 spiro atoms. The molecule has 0 saturated carbocycles. The fourth-order valence-corrected chi connectivity index (χ4v) is 2.76. The monoisotopic (exact) mass is 306 g/mol. The van der Waals surface area contributed by atoms with Crippen molar-refractivity contribution in [2.75, 3.05) is 0 Å². The Morgan fingerprint density at radius 3 is 2.55 bits per heavy atom. The van der Waals surface area contributed by atoms with Crippen LogP contribution < -0.4 is 0 Å². The first kappa shape index (κ1) is 13.0. The summed E-state index contributed by atoms with van der Waals surface area (Å²) in [6, 6.07) is 17.7. The van der Waals surface area contributed by atoms with Crippen molar-refractivity contribution in [2.45, 2.75) is 0 Å². The fraction of sp³-hybridized carbons (Fsp3) is 0. The molecular formula is C18H11ClN2O. The highest BCUT2D eigenvalue weighted by Crippen LogP contribution is 2.36. The Bertz CT molecular complexity index is 948. The SMILES string of the molecule is Clc1ccncc1-c1cccc2c(-c3ccccc3)noc12. The predicted octanol–water partition coefficient (Wildman–Crippen LogP) is 5.21. The lowest BCUT2D eigenvalue weighted by atomic mass is 10.0. The molecule has 0 fully saturated rings. The van der Waals surface area contributed by atoms with Crippen molar-refractivity contribution in [3.8, 4) is 22.4 Å². The van der Waals surface area contributed by atoms with Crippen LogP contribution >= 0.6 is 11.6 Å². The minimum Gasteiger partial charge on any atom is -0.355 e. The number of pyridine rings is 1. The zero-order valence-corrected chi connectivity index (χ0v) is 12.3. The van der Waals surface area contributed by atoms with E-state index in [1.807, 2.05) is 48.5 Å². The third-order valence-corrected chi connectivity index (χ3v) is 3.93. The van der Waals surface area contributed by atoms with Gasteiger partial charge in [0.1, 0.15) is 5.69 Å². The molecule has 106 valence electrons. The number of rotatable bonds is 2. The first-order valence-corrected chi connectivity index (χ1v) is 7.26. The summed E-state index contributed by atoms with van der Waals surface area (Å²) in [7, 11) is 0. The number of aromatic nitrogens is 2. The Morgan fingerprint density at radius 1 is 0.864 bits per heavy atom. The van der Waals surface area contributed by atoms with Gasteiger partial charge in [-0.25, -0.2) is 0 Å². The van der Waals surface area contributed by atoms with E-state index in [9.17, 15) is 0 Å². The van der Waals surface area contributed by atoms with E-state index < -0.39 is 0 Å². The maximum absolute atomic E-state index is 6.28. The minimum atomic E-state index is 0.639. The molecule has 0 aliphatic carbocycles. The number of nitrogens with zero attached hydrogens (tertiary/aromatic N) is 2. The van der Waals surface area contributed by atoms with Gasteiger partial charge in [-0.1, -0.05) is 59.2 Å². The minimum absolute atomic E-state index is 0.639. The van der Waals surface area contributed by atoms with Crippen LogP contribution in [0.2, 0.25) is 5.02 Å². The topological polar surface area (TPSA) is 38.9 Å². The average molecular weight is 307 g/mol. The molecule has 2 heterocycles. The molecule has 3 nitrogen and oxygen atoms in total. The quantitative estimate of drug-likeness (QED) is 0.510. The number of para-hydroxylation sites is 1. The zero-order valence-electron chi connectivity index (χ0n) is 11.5. The maximum atomic E-state index is 6.28. The molecule has 4 heteroatoms. The summed E-state index contributed by atoms with van der Waals surface area (Å²) in [6.07, 6.45) is 3.41. The van der Waals surface area contributed by atoms with E-state index in [4.69, 9.17) is 16.1 Å². The van der Waals surface area contributed by atoms with Crippen molar-refractivity contribution in [3.05, 3.63) is 72.0 Å². The second-order valence-corrected chi connectivity index (χ2v) is 5.34. The second kappa shape index (κ2) is 5.28. The predicted molar refractivity (Wildman–Crippen MR) is 87.7 cm³/mol. The molecule has 0 aliphatic heterocycles. The van der Waals surface area contributed by atoms with Crippen LogP contribution in [0, 0.1) is 0 Å². The molecule has 2 aromatic heterocycles. The third kappa shape index (κ3) is 2.07. The molecule has 0 amide bonds. The van der Waals surface area contributed by atoms with Crippen molar-refractivity contribution in [3.63, 3.8) is 0 Å². The van der Waals surface area contributed by atoms with E-state index in [-0.39, 0.29) is 0 Å². The fourth-order valence-electron chi connectivity index (χ4n) is 2.55. The second-order valence-electron chi connectivity index (χ2n) is 4.93. The van der Waals surface area contributed by atoms with Crippen molar-refractivity contribution in [1.82, 2.24) is 10.1 Å². The highest BCUT2D eigenvalue weighted by atomic mass is 35.5. The van der Waals surface area contributed by atoms with Gasteiger partial charge in [0.2, 0.25) is 0 Å². The first-order chi connectivity index (χ1) is 10.8. The van der Waals surface area contributed by atoms with Crippen LogP contribution in [0.4, 0.5) is 0 Å². The molecular weight excluding hydrogens is 296 g/mol. The van der Waals surface area contributed by atoms with Crippen molar-refractivity contribution in [2.24, 2.45) is 0 Å². The van der Waals surface area contributed by atoms with Gasteiger partial charge >= 0.3 is 0 Å². The number of halogens is 1. The molecule has 4 aromatic rings. The van der Waals surface area contributed by atoms with Crippen LogP contribution in [0.15, 0.2) is 71.5 Å². The highest BCUT2D eigenvalue weighted by molar-refractivity contribution is 6.33. The van der Waals surface area contributed by atoms with Crippen LogP contribution in [0.1, 0.15) is 0 Å². The lowest BCUT2D eigenvalue weighted by Crippen LogP contribution is -1.83. The van der Waals surface area contributed by atoms with Crippen molar-refractivity contribution in [1.29, 1.82) is 0 Å². The molecule has 0 unspecified atom stereocenters. The summed E-state index contributed by atoms with van der Waals surface area (Å²) in [6.45, 7) is 0. The normalized spacial score (nSPS) is 11.0. The van der Waals surface area contributed by atoms with Gasteiger partial charge in [0.25, 0.3) is 0 Å². The molecule has 0 aliphatic rings. The Kier molecular flexibility index (Phi) is 3.13. The third-order valence-electron chi connectivity index (χ3n) is 3.60. The molecule has 4 rings (SSSR count). The number of benzene rings is 2. The van der Waals surface area contributed by atoms with Gasteiger partial charge in [-0.05, 0) is 12.1 Å². The van der Waals surface area contributed by atoms with Gasteiger partial charge in [-0.2, -0.15) is 0 Å². The highest BCUT2D eigenvalue weighted by Gasteiger charge is 2.15. The molecule has 0 saturated heterocycles. The summed E-state index contributed by atoms with van der Waals surface area (Å²) in [5.74, 6) is 0. The maximum Gasteiger partial charge on any atom is 0.175 e. The first-order valence-electron chi connectivity index (χ1n) is 6.88. The van der Waals surface area contributed by atoms with Gasteiger partial charge in [-0.3, -0.25) is 4.98 Å². The lowest BCUT2D eigenvalue weighted by Gasteiger charge is -2.03. The van der Waals surface area contributed by atoms with Crippen LogP contribution in [0.25, 0.3) is 33.4 Å². The van der Waals surface area contributed by atoms with E-state index in [1.54, 1.807) is 18.5 Å². The largest absolute Gasteiger partial charge is 0.355 e. The number of fused-ring (bicyclic) bond motifs is 1. The standard InChI is InChI=1S/C18H11ClN2O/c19-16-9-10-20-11-15(16)13-7-4-8-14-17(21-22-18(13)14)12-5-2-1-3-6-12/h1-11H. The van der Waals surface area contributed by atoms with E-state index >= 15 is 0 Å². The van der Waals surface area contributed by atoms with E-state index in [1.165, 1.54) is 0 Å². The summed E-state index contributed by atoms with van der Waals surface area (Å²) in [4.78, 5) is 4.15. The Labute approximate surface area is 132 Å². The van der Waals surface area contributed by atoms with E-state index in [0.29, 0.717) is 5.02 Å². The smallest absolute Gasteiger partial charge is 0.175 e. The summed E-state index contributed by atoms with van der Waals surface area (Å²) < 4.78 is 5.61. The van der Waals surface area contributed by atoms with Crippen molar-refractivity contribution >= 4 is 22.6 Å². The van der Waals surface area contributed by atoms with Crippen LogP contribution in [0.5, 0.6) is 0 Å². The summed E-state index contributed by atoms with van der Waals surface area (Å²) in [5, 5.41) is 5.84. The average Bonchev–Trinajstić information content (AvgIpc) is 3.00. The van der Waals surface area contributed by atoms with Gasteiger partial charge in [-0.15, -0.1) is 0 Å². The molecule has 22 heavy (non-hydrogen) atoms. The van der Waals surface area contributed by atoms with Gasteiger partial charge in [0.05, 0.1) is 10.4 Å². The van der Waals surface area contributed by atoms with Crippen LogP contribution in [0.3, 0.4) is 0 Å². The van der Waals surface area contributed by atoms with Gasteiger partial charge < -0.3 is 4.52 Å². The van der Waals surface area contributed by atoms with E-state index in [0.717, 1.165) is 33.4 Å². The van der Waals surface area contributed by atoms with E-state index in [2.05, 4.69) is 10.1 Å². The van der Waals surface area contributed by atoms with Gasteiger partial charge in [0, 0.05) is 29.1 Å². The van der Waals surface area contributed by atoms with Crippen LogP contribution in [-0.4, -0.2) is 10.1 Å². The Hall–Kier alpha value is -2.65. The number of hydrogen-bond donors (Lipinski definition) is 0. The molecule has 0 radical (unpaired) electrons. The molecule has 0 atom stereocenters. The Morgan fingerprint density at radius 2 is 1.73 bits per heavy atom. The lowest BCUT2D eigenvalue weighted by molar-refractivity contribution is 0.460. The van der Waals surface area contributed by atoms with Crippen molar-refractivity contribution < 1.29 is 4.52 Å². The zero-order chi connectivity index (χ0) is 14.9. The Balaban J connectivity index is 1.97. The number of hydrogen-bond acceptors (Lipinski definition) is 3. The molecule has 0 N–H and O–H groups in total. The molecule has 2 aromatic carbocycles. The summed E-state index contributed by atoms with van der Waals surface area (Å²) >= 11 is 6.28. The van der Waals surface area contributed by atoms with Gasteiger partial charge in [0.15, 0.2) is 5.58 Å².